The van der Waals surface area contributed by atoms with Crippen molar-refractivity contribution in [1.82, 2.24) is 9.88 Å². The van der Waals surface area contributed by atoms with Crippen molar-refractivity contribution in [3.63, 3.8) is 0 Å². The molecule has 10 heteroatoms. The number of rotatable bonds is 11. The first-order valence-electron chi connectivity index (χ1n) is 11.1. The van der Waals surface area contributed by atoms with E-state index in [1.807, 2.05) is 13.8 Å². The van der Waals surface area contributed by atoms with Gasteiger partial charge >= 0.3 is 0 Å². The number of fused-ring (bicyclic) bond motifs is 1. The minimum atomic E-state index is -0.758. The van der Waals surface area contributed by atoms with Gasteiger partial charge in [0.2, 0.25) is 5.75 Å². The van der Waals surface area contributed by atoms with Crippen LogP contribution in [0, 0.1) is 11.6 Å². The molecule has 0 atom stereocenters. The van der Waals surface area contributed by atoms with E-state index < -0.39 is 11.6 Å². The zero-order valence-electron chi connectivity index (χ0n) is 20.4. The number of carbonyl (C=O) groups excluding carboxylic acids is 1. The number of hydrogen-bond donors (Lipinski definition) is 0. The number of halogens is 2. The molecule has 0 aliphatic carbocycles. The summed E-state index contributed by atoms with van der Waals surface area (Å²) in [6.45, 7) is 6.65. The largest absolute Gasteiger partial charge is 0.493 e. The molecule has 7 nitrogen and oxygen atoms in total. The summed E-state index contributed by atoms with van der Waals surface area (Å²) in [7, 11) is 4.54. The van der Waals surface area contributed by atoms with Gasteiger partial charge in [0.15, 0.2) is 22.4 Å². The first-order chi connectivity index (χ1) is 16.8. The van der Waals surface area contributed by atoms with Gasteiger partial charge in [0.1, 0.15) is 11.3 Å². The maximum atomic E-state index is 14.3. The lowest BCUT2D eigenvalue weighted by atomic mass is 10.1. The fourth-order valence-corrected chi connectivity index (χ4v) is 4.63. The van der Waals surface area contributed by atoms with Crippen LogP contribution in [0.1, 0.15) is 19.4 Å². The van der Waals surface area contributed by atoms with Gasteiger partial charge < -0.3 is 19.1 Å². The Morgan fingerprint density at radius 3 is 2.23 bits per heavy atom. The number of benzene rings is 2. The Labute approximate surface area is 207 Å². The topological polar surface area (TPSA) is 64.1 Å². The molecule has 0 unspecified atom stereocenters. The zero-order chi connectivity index (χ0) is 25.5. The van der Waals surface area contributed by atoms with Gasteiger partial charge in [-0.1, -0.05) is 25.2 Å². The molecule has 0 saturated carbocycles. The van der Waals surface area contributed by atoms with Crippen molar-refractivity contribution in [2.75, 3.05) is 52.4 Å². The second kappa shape index (κ2) is 11.9. The van der Waals surface area contributed by atoms with Crippen molar-refractivity contribution in [3.8, 4) is 17.2 Å². The Kier molecular flexibility index (Phi) is 9.00. The van der Waals surface area contributed by atoms with Crippen molar-refractivity contribution < 1.29 is 27.8 Å². The summed E-state index contributed by atoms with van der Waals surface area (Å²) in [5.41, 5.74) is 0.703. The molecule has 0 aliphatic heterocycles. The number of likely N-dealkylation sites (N-methyl/N-ethyl adjacent to an activating group) is 1. The van der Waals surface area contributed by atoms with Gasteiger partial charge in [-0.05, 0) is 42.9 Å². The lowest BCUT2D eigenvalue weighted by Crippen LogP contribution is -2.38. The number of ether oxygens (including phenoxy) is 3. The van der Waals surface area contributed by atoms with Crippen LogP contribution in [0.4, 0.5) is 13.9 Å². The molecule has 0 spiro atoms. The summed E-state index contributed by atoms with van der Waals surface area (Å²) >= 11 is 1.07. The van der Waals surface area contributed by atoms with Gasteiger partial charge in [0, 0.05) is 25.2 Å². The second-order valence-corrected chi connectivity index (χ2v) is 8.55. The predicted octanol–water partition coefficient (Wildman–Crippen LogP) is 4.99. The third-order valence-corrected chi connectivity index (χ3v) is 6.56. The van der Waals surface area contributed by atoms with E-state index >= 15 is 0 Å². The summed E-state index contributed by atoms with van der Waals surface area (Å²) in [5.74, 6) is -0.420. The van der Waals surface area contributed by atoms with Crippen molar-refractivity contribution in [3.05, 3.63) is 47.5 Å². The molecule has 35 heavy (non-hydrogen) atoms. The number of carbonyl (C=O) groups is 1. The maximum absolute atomic E-state index is 14.3. The predicted molar refractivity (Wildman–Crippen MR) is 135 cm³/mol. The fourth-order valence-electron chi connectivity index (χ4n) is 3.60. The van der Waals surface area contributed by atoms with Gasteiger partial charge in [-0.15, -0.1) is 0 Å². The summed E-state index contributed by atoms with van der Waals surface area (Å²) in [6.07, 6.45) is 3.04. The number of thiazole rings is 1. The van der Waals surface area contributed by atoms with E-state index in [0.29, 0.717) is 45.7 Å². The Hall–Kier alpha value is -3.24. The third kappa shape index (κ3) is 6.07. The van der Waals surface area contributed by atoms with Gasteiger partial charge in [0.05, 0.1) is 26.0 Å². The van der Waals surface area contributed by atoms with Crippen molar-refractivity contribution in [2.24, 2.45) is 0 Å². The quantitative estimate of drug-likeness (QED) is 0.342. The molecule has 1 amide bonds. The summed E-state index contributed by atoms with van der Waals surface area (Å²) < 4.78 is 44.4. The Balaban J connectivity index is 1.95. The van der Waals surface area contributed by atoms with E-state index in [-0.39, 0.29) is 11.4 Å². The Morgan fingerprint density at radius 2 is 1.66 bits per heavy atom. The van der Waals surface area contributed by atoms with E-state index in [0.717, 1.165) is 30.5 Å². The monoisotopic (exact) mass is 505 g/mol. The molecule has 1 heterocycles. The van der Waals surface area contributed by atoms with E-state index in [4.69, 9.17) is 14.2 Å². The number of amides is 1. The molecule has 1 aromatic heterocycles. The van der Waals surface area contributed by atoms with Gasteiger partial charge in [-0.3, -0.25) is 9.69 Å². The van der Waals surface area contributed by atoms with Crippen molar-refractivity contribution in [1.29, 1.82) is 0 Å². The van der Waals surface area contributed by atoms with Crippen LogP contribution in [0.2, 0.25) is 0 Å². The highest BCUT2D eigenvalue weighted by atomic mass is 32.1. The number of hydrogen-bond acceptors (Lipinski definition) is 7. The number of nitrogens with zero attached hydrogens (tertiary/aromatic N) is 3. The van der Waals surface area contributed by atoms with Crippen LogP contribution < -0.4 is 19.1 Å². The molecule has 0 fully saturated rings. The Bertz CT molecular complexity index is 1190. The first kappa shape index (κ1) is 26.4. The highest BCUT2D eigenvalue weighted by Gasteiger charge is 2.21. The van der Waals surface area contributed by atoms with Gasteiger partial charge in [-0.2, -0.15) is 0 Å². The van der Waals surface area contributed by atoms with Crippen LogP contribution >= 0.6 is 11.3 Å². The van der Waals surface area contributed by atoms with Gasteiger partial charge in [0.25, 0.3) is 5.91 Å². The molecule has 0 radical (unpaired) electrons. The summed E-state index contributed by atoms with van der Waals surface area (Å²) in [4.78, 5) is 21.3. The average molecular weight is 506 g/mol. The van der Waals surface area contributed by atoms with Crippen LogP contribution in [-0.4, -0.2) is 63.3 Å². The van der Waals surface area contributed by atoms with E-state index in [9.17, 15) is 13.6 Å². The first-order valence-corrected chi connectivity index (χ1v) is 11.9. The van der Waals surface area contributed by atoms with E-state index in [1.165, 1.54) is 38.4 Å². The van der Waals surface area contributed by atoms with Crippen LogP contribution in [0.15, 0.2) is 30.3 Å². The second-order valence-electron chi connectivity index (χ2n) is 7.54. The number of anilines is 1. The van der Waals surface area contributed by atoms with Crippen molar-refractivity contribution >= 4 is 38.7 Å². The lowest BCUT2D eigenvalue weighted by Gasteiger charge is -2.23. The third-order valence-electron chi connectivity index (χ3n) is 5.54. The average Bonchev–Trinajstić information content (AvgIpc) is 3.28. The highest BCUT2D eigenvalue weighted by molar-refractivity contribution is 7.22. The van der Waals surface area contributed by atoms with E-state index in [2.05, 4.69) is 9.88 Å². The smallest absolute Gasteiger partial charge is 0.252 e. The van der Waals surface area contributed by atoms with E-state index in [1.54, 1.807) is 18.2 Å². The minimum Gasteiger partial charge on any atom is -0.493 e. The zero-order valence-corrected chi connectivity index (χ0v) is 21.2. The normalized spacial score (nSPS) is 11.4. The number of aromatic nitrogens is 1. The molecular weight excluding hydrogens is 476 g/mol. The molecule has 188 valence electrons. The molecule has 0 aliphatic rings. The van der Waals surface area contributed by atoms with Crippen molar-refractivity contribution in [2.45, 2.75) is 13.8 Å². The van der Waals surface area contributed by atoms with Crippen LogP contribution in [0.3, 0.4) is 0 Å². The minimum absolute atomic E-state index is 0.0423. The molecule has 3 aromatic rings. The fraction of sp³-hybridized carbons (Fsp3) is 0.360. The molecule has 0 saturated heterocycles. The van der Waals surface area contributed by atoms with Crippen LogP contribution in [0.5, 0.6) is 17.2 Å². The summed E-state index contributed by atoms with van der Waals surface area (Å²) in [5, 5.41) is 0.302. The molecule has 3 rings (SSSR count). The molecule has 2 aromatic carbocycles. The molecule has 0 bridgehead atoms. The van der Waals surface area contributed by atoms with Crippen LogP contribution in [0.25, 0.3) is 16.3 Å². The Morgan fingerprint density at radius 1 is 1.00 bits per heavy atom. The standard InChI is InChI=1S/C25H29F2N3O4S/c1-6-29(7-2)10-11-30(25-28-23-18(27)14-17(26)15-21(23)35-25)22(31)9-8-16-12-19(32-3)24(34-5)20(13-16)33-4/h8-9,12-15H,6-7,10-11H2,1-5H3. The van der Waals surface area contributed by atoms with Crippen LogP contribution in [-0.2, 0) is 4.79 Å². The molecule has 0 N–H and O–H groups in total. The summed E-state index contributed by atoms with van der Waals surface area (Å²) in [6, 6.07) is 5.46. The van der Waals surface area contributed by atoms with Gasteiger partial charge in [-0.25, -0.2) is 13.8 Å². The number of methoxy groups -OCH3 is 3. The maximum Gasteiger partial charge on any atom is 0.252 e. The SMILES string of the molecule is CCN(CC)CCN(C(=O)C=Cc1cc(OC)c(OC)c(OC)c1)c1nc2c(F)cc(F)cc2s1. The lowest BCUT2D eigenvalue weighted by molar-refractivity contribution is -0.114. The molecular formula is C25H29F2N3O4S. The highest BCUT2D eigenvalue weighted by Crippen LogP contribution is 2.38.